The van der Waals surface area contributed by atoms with Crippen molar-refractivity contribution in [2.24, 2.45) is 0 Å². The molecule has 0 heterocycles. The number of nitrogens with zero attached hydrogens (tertiary/aromatic N) is 1. The molecule has 1 aromatic carbocycles. The van der Waals surface area contributed by atoms with E-state index in [-0.39, 0.29) is 13.2 Å². The number of halogens is 2. The number of hydrogen-bond donors (Lipinski definition) is 2. The van der Waals surface area contributed by atoms with E-state index >= 15 is 0 Å². The Morgan fingerprint density at radius 1 is 1.39 bits per heavy atom. The topological polar surface area (TPSA) is 52.9 Å². The van der Waals surface area contributed by atoms with E-state index < -0.39 is 6.10 Å². The Labute approximate surface area is 117 Å². The number of benzene rings is 1. The minimum absolute atomic E-state index is 0.0626. The molecule has 0 aliphatic heterocycles. The molecule has 1 aromatic rings. The maximum Gasteiger partial charge on any atom is 0.138 e. The van der Waals surface area contributed by atoms with E-state index in [0.29, 0.717) is 28.9 Å². The lowest BCUT2D eigenvalue weighted by Crippen LogP contribution is -2.34. The molecule has 2 N–H and O–H groups in total. The molecule has 6 heteroatoms. The fourth-order valence-corrected chi connectivity index (χ4v) is 1.92. The van der Waals surface area contributed by atoms with Crippen LogP contribution in [0.4, 0.5) is 0 Å². The Bertz CT molecular complexity index is 376. The van der Waals surface area contributed by atoms with Gasteiger partial charge >= 0.3 is 0 Å². The molecular formula is C12H17Cl2NO3. The van der Waals surface area contributed by atoms with Crippen LogP contribution in [0.1, 0.15) is 0 Å². The van der Waals surface area contributed by atoms with Gasteiger partial charge < -0.3 is 19.8 Å². The molecule has 1 rings (SSSR count). The van der Waals surface area contributed by atoms with Gasteiger partial charge in [-0.15, -0.1) is 0 Å². The van der Waals surface area contributed by atoms with Gasteiger partial charge in [-0.2, -0.15) is 0 Å². The fraction of sp³-hybridized carbons (Fsp3) is 0.500. The zero-order valence-electron chi connectivity index (χ0n) is 10.1. The average molecular weight is 294 g/mol. The summed E-state index contributed by atoms with van der Waals surface area (Å²) < 4.78 is 5.40. The molecule has 1 atom stereocenters. The number of rotatable bonds is 7. The van der Waals surface area contributed by atoms with Gasteiger partial charge in [-0.3, -0.25) is 0 Å². The standard InChI is InChI=1S/C12H17Cl2NO3/c1-15(4-5-16)7-10(17)8-18-12-3-2-9(13)6-11(12)14/h2-3,6,10,16-17H,4-5,7-8H2,1H3/t10-/m0/s1. The molecule has 0 amide bonds. The van der Waals surface area contributed by atoms with Gasteiger partial charge in [-0.25, -0.2) is 0 Å². The van der Waals surface area contributed by atoms with E-state index in [1.807, 2.05) is 11.9 Å². The number of aliphatic hydroxyl groups is 2. The molecule has 0 radical (unpaired) electrons. The predicted molar refractivity (Wildman–Crippen MR) is 72.5 cm³/mol. The number of likely N-dealkylation sites (N-methyl/N-ethyl adjacent to an activating group) is 1. The summed E-state index contributed by atoms with van der Waals surface area (Å²) >= 11 is 11.7. The van der Waals surface area contributed by atoms with Gasteiger partial charge in [0.25, 0.3) is 0 Å². The Kier molecular flexibility index (Phi) is 6.75. The first-order chi connectivity index (χ1) is 8.52. The summed E-state index contributed by atoms with van der Waals surface area (Å²) in [7, 11) is 1.81. The lowest BCUT2D eigenvalue weighted by Gasteiger charge is -2.20. The maximum atomic E-state index is 9.74. The summed E-state index contributed by atoms with van der Waals surface area (Å²) in [5, 5.41) is 19.4. The molecule has 18 heavy (non-hydrogen) atoms. The minimum Gasteiger partial charge on any atom is -0.489 e. The molecule has 0 aliphatic rings. The van der Waals surface area contributed by atoms with Crippen LogP contribution in [0.15, 0.2) is 18.2 Å². The molecule has 4 nitrogen and oxygen atoms in total. The van der Waals surface area contributed by atoms with Gasteiger partial charge in [0.2, 0.25) is 0 Å². The first kappa shape index (κ1) is 15.5. The molecule has 0 aromatic heterocycles. The highest BCUT2D eigenvalue weighted by Crippen LogP contribution is 2.27. The van der Waals surface area contributed by atoms with Crippen LogP contribution in [0.3, 0.4) is 0 Å². The second kappa shape index (κ2) is 7.81. The molecule has 0 spiro atoms. The van der Waals surface area contributed by atoms with Gasteiger partial charge in [0.15, 0.2) is 0 Å². The Morgan fingerprint density at radius 2 is 2.11 bits per heavy atom. The number of ether oxygens (including phenoxy) is 1. The summed E-state index contributed by atoms with van der Waals surface area (Å²) in [5.41, 5.74) is 0. The third kappa shape index (κ3) is 5.42. The van der Waals surface area contributed by atoms with Crippen molar-refractivity contribution in [2.45, 2.75) is 6.10 Å². The maximum absolute atomic E-state index is 9.74. The van der Waals surface area contributed by atoms with Crippen LogP contribution in [0.5, 0.6) is 5.75 Å². The second-order valence-corrected chi connectivity index (χ2v) is 4.87. The highest BCUT2D eigenvalue weighted by molar-refractivity contribution is 6.35. The van der Waals surface area contributed by atoms with Gasteiger partial charge in [-0.1, -0.05) is 23.2 Å². The van der Waals surface area contributed by atoms with E-state index in [9.17, 15) is 5.11 Å². The Balaban J connectivity index is 2.40. The van der Waals surface area contributed by atoms with Gasteiger partial charge in [-0.05, 0) is 25.2 Å². The molecule has 102 valence electrons. The predicted octanol–water partition coefficient (Wildman–Crippen LogP) is 1.66. The lowest BCUT2D eigenvalue weighted by atomic mass is 10.3. The zero-order chi connectivity index (χ0) is 13.5. The van der Waals surface area contributed by atoms with Crippen molar-refractivity contribution < 1.29 is 14.9 Å². The van der Waals surface area contributed by atoms with Crippen LogP contribution in [-0.4, -0.2) is 54.6 Å². The third-order valence-electron chi connectivity index (χ3n) is 2.33. The van der Waals surface area contributed by atoms with Crippen LogP contribution in [0.25, 0.3) is 0 Å². The SMILES string of the molecule is CN(CCO)C[C@H](O)COc1ccc(Cl)cc1Cl. The van der Waals surface area contributed by atoms with E-state index in [2.05, 4.69) is 0 Å². The second-order valence-electron chi connectivity index (χ2n) is 4.03. The summed E-state index contributed by atoms with van der Waals surface area (Å²) in [4.78, 5) is 1.82. The van der Waals surface area contributed by atoms with Crippen molar-refractivity contribution in [3.8, 4) is 5.75 Å². The third-order valence-corrected chi connectivity index (χ3v) is 2.86. The van der Waals surface area contributed by atoms with Crippen LogP contribution in [-0.2, 0) is 0 Å². The molecule has 0 fully saturated rings. The van der Waals surface area contributed by atoms with Crippen LogP contribution in [0, 0.1) is 0 Å². The monoisotopic (exact) mass is 293 g/mol. The summed E-state index contributed by atoms with van der Waals surface area (Å²) in [5.74, 6) is 0.491. The Morgan fingerprint density at radius 3 is 2.72 bits per heavy atom. The van der Waals surface area contributed by atoms with E-state index in [1.165, 1.54) is 0 Å². The quantitative estimate of drug-likeness (QED) is 0.803. The van der Waals surface area contributed by atoms with Gasteiger partial charge in [0.1, 0.15) is 18.5 Å². The van der Waals surface area contributed by atoms with Crippen molar-refractivity contribution in [1.29, 1.82) is 0 Å². The van der Waals surface area contributed by atoms with Crippen molar-refractivity contribution in [3.05, 3.63) is 28.2 Å². The Hall–Kier alpha value is -0.520. The summed E-state index contributed by atoms with van der Waals surface area (Å²) in [6, 6.07) is 4.92. The molecule has 0 aliphatic carbocycles. The molecule has 0 saturated carbocycles. The summed E-state index contributed by atoms with van der Waals surface area (Å²) in [6.45, 7) is 1.13. The zero-order valence-corrected chi connectivity index (χ0v) is 11.7. The molecule has 0 bridgehead atoms. The van der Waals surface area contributed by atoms with Crippen molar-refractivity contribution in [2.75, 3.05) is 33.4 Å². The minimum atomic E-state index is -0.645. The highest BCUT2D eigenvalue weighted by atomic mass is 35.5. The number of aliphatic hydroxyl groups excluding tert-OH is 2. The van der Waals surface area contributed by atoms with Gasteiger partial charge in [0, 0.05) is 18.1 Å². The van der Waals surface area contributed by atoms with Crippen LogP contribution in [0.2, 0.25) is 10.0 Å². The van der Waals surface area contributed by atoms with E-state index in [1.54, 1.807) is 18.2 Å². The summed E-state index contributed by atoms with van der Waals surface area (Å²) in [6.07, 6.45) is -0.645. The normalized spacial score (nSPS) is 12.8. The first-order valence-corrected chi connectivity index (χ1v) is 6.34. The highest BCUT2D eigenvalue weighted by Gasteiger charge is 2.10. The van der Waals surface area contributed by atoms with E-state index in [0.717, 1.165) is 0 Å². The molecule has 0 unspecified atom stereocenters. The first-order valence-electron chi connectivity index (χ1n) is 5.58. The molecular weight excluding hydrogens is 277 g/mol. The fourth-order valence-electron chi connectivity index (χ4n) is 1.45. The largest absolute Gasteiger partial charge is 0.489 e. The number of hydrogen-bond acceptors (Lipinski definition) is 4. The van der Waals surface area contributed by atoms with Crippen molar-refractivity contribution in [1.82, 2.24) is 4.90 Å². The van der Waals surface area contributed by atoms with Crippen LogP contribution >= 0.6 is 23.2 Å². The lowest BCUT2D eigenvalue weighted by molar-refractivity contribution is 0.0711. The van der Waals surface area contributed by atoms with Crippen molar-refractivity contribution >= 4 is 23.2 Å². The van der Waals surface area contributed by atoms with E-state index in [4.69, 9.17) is 33.0 Å². The average Bonchev–Trinajstić information content (AvgIpc) is 2.28. The van der Waals surface area contributed by atoms with Crippen molar-refractivity contribution in [3.63, 3.8) is 0 Å². The smallest absolute Gasteiger partial charge is 0.138 e. The molecule has 0 saturated heterocycles. The van der Waals surface area contributed by atoms with Gasteiger partial charge in [0.05, 0.1) is 11.6 Å². The van der Waals surface area contributed by atoms with Crippen LogP contribution < -0.4 is 4.74 Å².